The van der Waals surface area contributed by atoms with Crippen LogP contribution in [0.3, 0.4) is 0 Å². The zero-order chi connectivity index (χ0) is 22.5. The molecule has 0 N–H and O–H groups in total. The normalized spacial score (nSPS) is 10.7. The van der Waals surface area contributed by atoms with Gasteiger partial charge in [-0.2, -0.15) is 5.10 Å². The Balaban J connectivity index is 1.64. The van der Waals surface area contributed by atoms with E-state index in [4.69, 9.17) is 4.74 Å². The Bertz CT molecular complexity index is 1190. The molecule has 0 fully saturated rings. The first-order valence-electron chi connectivity index (χ1n) is 10.5. The number of carbonyl (C=O) groups excluding carboxylic acids is 1. The Morgan fingerprint density at radius 3 is 2.50 bits per heavy atom. The first-order chi connectivity index (χ1) is 15.5. The molecule has 0 radical (unpaired) electrons. The summed E-state index contributed by atoms with van der Waals surface area (Å²) in [5, 5.41) is 4.57. The molecular weight excluding hydrogens is 402 g/mol. The lowest BCUT2D eigenvalue weighted by molar-refractivity contribution is 0.0796. The Labute approximate surface area is 187 Å². The number of aromatic nitrogens is 4. The summed E-state index contributed by atoms with van der Waals surface area (Å²) in [5.41, 5.74) is 4.50. The van der Waals surface area contributed by atoms with E-state index in [0.29, 0.717) is 36.0 Å². The van der Waals surface area contributed by atoms with E-state index in [2.05, 4.69) is 15.1 Å². The van der Waals surface area contributed by atoms with Crippen LogP contribution in [0.1, 0.15) is 28.7 Å². The fraction of sp³-hybridized carbons (Fsp3) is 0.200. The molecule has 0 aliphatic rings. The van der Waals surface area contributed by atoms with Gasteiger partial charge >= 0.3 is 0 Å². The van der Waals surface area contributed by atoms with Gasteiger partial charge in [0.25, 0.3) is 5.91 Å². The summed E-state index contributed by atoms with van der Waals surface area (Å²) >= 11 is 0. The second kappa shape index (κ2) is 9.43. The highest BCUT2D eigenvalue weighted by atomic mass is 16.5. The molecule has 1 amide bonds. The van der Waals surface area contributed by atoms with Crippen LogP contribution in [-0.2, 0) is 6.61 Å². The molecule has 7 heteroatoms. The van der Waals surface area contributed by atoms with Crippen LogP contribution in [0.5, 0.6) is 5.75 Å². The fourth-order valence-corrected chi connectivity index (χ4v) is 3.15. The number of ether oxygens (including phenoxy) is 1. The van der Waals surface area contributed by atoms with E-state index in [1.807, 2.05) is 68.4 Å². The molecule has 0 saturated heterocycles. The van der Waals surface area contributed by atoms with Crippen molar-refractivity contribution in [3.8, 4) is 22.8 Å². The van der Waals surface area contributed by atoms with Crippen molar-refractivity contribution < 1.29 is 9.53 Å². The van der Waals surface area contributed by atoms with Crippen LogP contribution in [0.4, 0.5) is 0 Å². The maximum atomic E-state index is 12.7. The van der Waals surface area contributed by atoms with E-state index in [1.54, 1.807) is 35.1 Å². The first-order valence-corrected chi connectivity index (χ1v) is 10.5. The van der Waals surface area contributed by atoms with Gasteiger partial charge in [-0.05, 0) is 49.7 Å². The maximum absolute atomic E-state index is 12.7. The van der Waals surface area contributed by atoms with Crippen molar-refractivity contribution in [2.45, 2.75) is 20.5 Å². The quantitative estimate of drug-likeness (QED) is 0.439. The second-order valence-electron chi connectivity index (χ2n) is 7.46. The highest BCUT2D eigenvalue weighted by Crippen LogP contribution is 2.25. The lowest BCUT2D eigenvalue weighted by atomic mass is 10.2. The van der Waals surface area contributed by atoms with Gasteiger partial charge in [-0.1, -0.05) is 30.3 Å². The van der Waals surface area contributed by atoms with Gasteiger partial charge in [0.1, 0.15) is 12.4 Å². The van der Waals surface area contributed by atoms with E-state index >= 15 is 0 Å². The lowest BCUT2D eigenvalue weighted by Gasteiger charge is -2.11. The summed E-state index contributed by atoms with van der Waals surface area (Å²) in [6.45, 7) is 4.92. The van der Waals surface area contributed by atoms with E-state index in [1.165, 1.54) is 0 Å². The van der Waals surface area contributed by atoms with Crippen molar-refractivity contribution >= 4 is 5.91 Å². The van der Waals surface area contributed by atoms with Gasteiger partial charge < -0.3 is 9.64 Å². The minimum absolute atomic E-state index is 0.143. The summed E-state index contributed by atoms with van der Waals surface area (Å²) in [4.78, 5) is 23.3. The molecular formula is C25H25N5O2. The number of hydrogen-bond donors (Lipinski definition) is 0. The molecule has 3 aromatic heterocycles. The number of amides is 1. The third kappa shape index (κ3) is 4.67. The van der Waals surface area contributed by atoms with Crippen molar-refractivity contribution in [3.05, 3.63) is 90.0 Å². The summed E-state index contributed by atoms with van der Waals surface area (Å²) < 4.78 is 7.55. The standard InChI is InChI=1S/C25H25N5O2/c1-4-29(3)25(31)23-14-24(30(28-23)20-11-10-18(2)26-15-20)22-13-12-21(16-27-22)32-17-19-8-6-5-7-9-19/h5-16H,4,17H2,1-3H3. The molecule has 4 aromatic rings. The smallest absolute Gasteiger partial charge is 0.274 e. The zero-order valence-corrected chi connectivity index (χ0v) is 18.4. The Hall–Kier alpha value is -4.00. The number of nitrogens with zero attached hydrogens (tertiary/aromatic N) is 5. The average molecular weight is 428 g/mol. The molecule has 3 heterocycles. The molecule has 7 nitrogen and oxygen atoms in total. The van der Waals surface area contributed by atoms with Crippen LogP contribution in [0, 0.1) is 6.92 Å². The summed E-state index contributed by atoms with van der Waals surface area (Å²) in [5.74, 6) is 0.526. The topological polar surface area (TPSA) is 73.1 Å². The minimum atomic E-state index is -0.143. The van der Waals surface area contributed by atoms with E-state index in [0.717, 1.165) is 16.9 Å². The molecule has 4 rings (SSSR count). The number of hydrogen-bond acceptors (Lipinski definition) is 5. The van der Waals surface area contributed by atoms with Crippen molar-refractivity contribution in [1.29, 1.82) is 0 Å². The molecule has 0 unspecified atom stereocenters. The molecule has 0 saturated carbocycles. The molecule has 162 valence electrons. The van der Waals surface area contributed by atoms with Crippen molar-refractivity contribution in [3.63, 3.8) is 0 Å². The number of pyridine rings is 2. The van der Waals surface area contributed by atoms with Gasteiger partial charge in [-0.15, -0.1) is 0 Å². The van der Waals surface area contributed by atoms with E-state index < -0.39 is 0 Å². The lowest BCUT2D eigenvalue weighted by Crippen LogP contribution is -2.26. The van der Waals surface area contributed by atoms with Crippen molar-refractivity contribution in [2.75, 3.05) is 13.6 Å². The minimum Gasteiger partial charge on any atom is -0.487 e. The van der Waals surface area contributed by atoms with E-state index in [9.17, 15) is 4.79 Å². The van der Waals surface area contributed by atoms with Gasteiger partial charge in [-0.25, -0.2) is 4.68 Å². The Morgan fingerprint density at radius 1 is 1.03 bits per heavy atom. The van der Waals surface area contributed by atoms with Crippen molar-refractivity contribution in [1.82, 2.24) is 24.6 Å². The van der Waals surface area contributed by atoms with E-state index in [-0.39, 0.29) is 5.91 Å². The molecule has 32 heavy (non-hydrogen) atoms. The van der Waals surface area contributed by atoms with Gasteiger partial charge in [0.2, 0.25) is 0 Å². The number of aryl methyl sites for hydroxylation is 1. The van der Waals surface area contributed by atoms with Gasteiger partial charge in [0, 0.05) is 19.3 Å². The zero-order valence-electron chi connectivity index (χ0n) is 18.4. The predicted octanol–water partition coefficient (Wildman–Crippen LogP) is 4.31. The molecule has 0 aliphatic heterocycles. The molecule has 0 bridgehead atoms. The van der Waals surface area contributed by atoms with Crippen LogP contribution in [0.2, 0.25) is 0 Å². The second-order valence-corrected chi connectivity index (χ2v) is 7.46. The van der Waals surface area contributed by atoms with Gasteiger partial charge in [0.05, 0.1) is 29.5 Å². The molecule has 0 spiro atoms. The van der Waals surface area contributed by atoms with Gasteiger partial charge in [0.15, 0.2) is 5.69 Å². The van der Waals surface area contributed by atoms with Crippen molar-refractivity contribution in [2.24, 2.45) is 0 Å². The highest BCUT2D eigenvalue weighted by molar-refractivity contribution is 5.93. The maximum Gasteiger partial charge on any atom is 0.274 e. The highest BCUT2D eigenvalue weighted by Gasteiger charge is 2.20. The Morgan fingerprint density at radius 2 is 1.84 bits per heavy atom. The molecule has 1 aromatic carbocycles. The van der Waals surface area contributed by atoms with Crippen LogP contribution in [-0.4, -0.2) is 44.1 Å². The third-order valence-corrected chi connectivity index (χ3v) is 5.14. The summed E-state index contributed by atoms with van der Waals surface area (Å²) in [7, 11) is 1.76. The SMILES string of the molecule is CCN(C)C(=O)c1cc(-c2ccc(OCc3ccccc3)cn2)n(-c2ccc(C)nc2)n1. The Kier molecular flexibility index (Phi) is 6.26. The van der Waals surface area contributed by atoms with Crippen LogP contribution in [0.25, 0.3) is 17.1 Å². The first kappa shape index (κ1) is 21.2. The monoisotopic (exact) mass is 427 g/mol. The number of carbonyl (C=O) groups is 1. The summed E-state index contributed by atoms with van der Waals surface area (Å²) in [6, 6.07) is 19.3. The summed E-state index contributed by atoms with van der Waals surface area (Å²) in [6.07, 6.45) is 3.42. The molecule has 0 atom stereocenters. The van der Waals surface area contributed by atoms with Crippen LogP contribution in [0.15, 0.2) is 73.1 Å². The third-order valence-electron chi connectivity index (χ3n) is 5.14. The number of rotatable bonds is 7. The fourth-order valence-electron chi connectivity index (χ4n) is 3.15. The predicted molar refractivity (Wildman–Crippen MR) is 123 cm³/mol. The largest absolute Gasteiger partial charge is 0.487 e. The average Bonchev–Trinajstić information content (AvgIpc) is 3.28. The van der Waals surface area contributed by atoms with Crippen LogP contribution < -0.4 is 4.74 Å². The van der Waals surface area contributed by atoms with Gasteiger partial charge in [-0.3, -0.25) is 14.8 Å². The molecule has 0 aliphatic carbocycles. The number of benzene rings is 1. The van der Waals surface area contributed by atoms with Crippen LogP contribution >= 0.6 is 0 Å².